The van der Waals surface area contributed by atoms with Crippen molar-refractivity contribution < 1.29 is 9.53 Å². The van der Waals surface area contributed by atoms with E-state index < -0.39 is 6.09 Å². The van der Waals surface area contributed by atoms with Gasteiger partial charge in [-0.3, -0.25) is 5.32 Å². The molecule has 0 aliphatic heterocycles. The molecule has 76 valence electrons. The molecule has 0 aliphatic rings. The predicted molar refractivity (Wildman–Crippen MR) is 64.4 cm³/mol. The van der Waals surface area contributed by atoms with Crippen LogP contribution in [0.25, 0.3) is 0 Å². The minimum atomic E-state index is -0.416. The molecule has 0 unspecified atom stereocenters. The number of amides is 1. The van der Waals surface area contributed by atoms with Crippen LogP contribution in [0.15, 0.2) is 24.3 Å². The van der Waals surface area contributed by atoms with Crippen molar-refractivity contribution in [1.82, 2.24) is 0 Å². The minimum absolute atomic E-state index is 0.0983. The van der Waals surface area contributed by atoms with Crippen molar-refractivity contribution in [3.63, 3.8) is 0 Å². The van der Waals surface area contributed by atoms with E-state index in [9.17, 15) is 4.79 Å². The van der Waals surface area contributed by atoms with Crippen LogP contribution in [0.2, 0.25) is 0 Å². The van der Waals surface area contributed by atoms with Gasteiger partial charge in [-0.15, -0.1) is 0 Å². The highest BCUT2D eigenvalue weighted by molar-refractivity contribution is 14.1. The monoisotopic (exact) mass is 305 g/mol. The summed E-state index contributed by atoms with van der Waals surface area (Å²) >= 11 is 2.21. The smallest absolute Gasteiger partial charge is 0.411 e. The normalized spacial score (nSPS) is 10.0. The summed E-state index contributed by atoms with van der Waals surface area (Å²) in [5, 5.41) is 2.64. The molecule has 0 aromatic heterocycles. The Morgan fingerprint density at radius 2 is 1.93 bits per heavy atom. The maximum atomic E-state index is 11.2. The second kappa shape index (κ2) is 5.19. The SMILES string of the molecule is CC(C)OC(=O)Nc1ccc(I)cc1. The summed E-state index contributed by atoms with van der Waals surface area (Å²) in [6.07, 6.45) is -0.514. The molecule has 3 nitrogen and oxygen atoms in total. The Hall–Kier alpha value is -0.780. The molecule has 0 heterocycles. The van der Waals surface area contributed by atoms with Gasteiger partial charge in [0.25, 0.3) is 0 Å². The molecule has 14 heavy (non-hydrogen) atoms. The number of ether oxygens (including phenoxy) is 1. The van der Waals surface area contributed by atoms with Crippen LogP contribution in [0.5, 0.6) is 0 Å². The molecule has 0 saturated carbocycles. The molecule has 1 amide bonds. The molecule has 1 aromatic carbocycles. The van der Waals surface area contributed by atoms with Crippen molar-refractivity contribution in [2.45, 2.75) is 20.0 Å². The van der Waals surface area contributed by atoms with E-state index in [1.807, 2.05) is 38.1 Å². The highest BCUT2D eigenvalue weighted by atomic mass is 127. The molecule has 0 radical (unpaired) electrons. The number of benzene rings is 1. The van der Waals surface area contributed by atoms with Crippen LogP contribution in [0.1, 0.15) is 13.8 Å². The van der Waals surface area contributed by atoms with Gasteiger partial charge in [0.05, 0.1) is 6.10 Å². The Morgan fingerprint density at radius 1 is 1.36 bits per heavy atom. The molecule has 1 N–H and O–H groups in total. The first-order valence-electron chi connectivity index (χ1n) is 4.31. The van der Waals surface area contributed by atoms with Crippen LogP contribution in [0.4, 0.5) is 10.5 Å². The molecule has 0 bridgehead atoms. The molecule has 0 aliphatic carbocycles. The zero-order valence-electron chi connectivity index (χ0n) is 8.08. The van der Waals surface area contributed by atoms with E-state index in [0.29, 0.717) is 0 Å². The average molecular weight is 305 g/mol. The molecule has 0 spiro atoms. The zero-order chi connectivity index (χ0) is 10.6. The van der Waals surface area contributed by atoms with Crippen molar-refractivity contribution in [1.29, 1.82) is 0 Å². The maximum absolute atomic E-state index is 11.2. The summed E-state index contributed by atoms with van der Waals surface area (Å²) in [5.41, 5.74) is 0.746. The van der Waals surface area contributed by atoms with Gasteiger partial charge in [0, 0.05) is 9.26 Å². The summed E-state index contributed by atoms with van der Waals surface area (Å²) in [6, 6.07) is 7.52. The lowest BCUT2D eigenvalue weighted by molar-refractivity contribution is 0.130. The van der Waals surface area contributed by atoms with E-state index in [4.69, 9.17) is 4.74 Å². The fraction of sp³-hybridized carbons (Fsp3) is 0.300. The second-order valence-corrected chi connectivity index (χ2v) is 4.33. The molecule has 0 saturated heterocycles. The molecule has 0 atom stereocenters. The molecule has 0 fully saturated rings. The third-order valence-electron chi connectivity index (χ3n) is 1.43. The van der Waals surface area contributed by atoms with Gasteiger partial charge < -0.3 is 4.74 Å². The Labute approximate surface area is 97.0 Å². The number of anilines is 1. The van der Waals surface area contributed by atoms with E-state index in [-0.39, 0.29) is 6.10 Å². The predicted octanol–water partition coefficient (Wildman–Crippen LogP) is 3.25. The summed E-state index contributed by atoms with van der Waals surface area (Å²) in [5.74, 6) is 0. The highest BCUT2D eigenvalue weighted by Crippen LogP contribution is 2.11. The van der Waals surface area contributed by atoms with Crippen LogP contribution in [0.3, 0.4) is 0 Å². The van der Waals surface area contributed by atoms with Crippen LogP contribution < -0.4 is 5.32 Å². The van der Waals surface area contributed by atoms with E-state index in [2.05, 4.69) is 27.9 Å². The van der Waals surface area contributed by atoms with Crippen molar-refractivity contribution >= 4 is 34.4 Å². The molecule has 1 rings (SSSR count). The van der Waals surface area contributed by atoms with Gasteiger partial charge in [0.15, 0.2) is 0 Å². The van der Waals surface area contributed by atoms with E-state index >= 15 is 0 Å². The number of rotatable bonds is 2. The quantitative estimate of drug-likeness (QED) is 0.852. The maximum Gasteiger partial charge on any atom is 0.411 e. The lowest BCUT2D eigenvalue weighted by Crippen LogP contribution is -2.17. The van der Waals surface area contributed by atoms with E-state index in [0.717, 1.165) is 9.26 Å². The average Bonchev–Trinajstić information content (AvgIpc) is 2.07. The number of hydrogen-bond donors (Lipinski definition) is 1. The Balaban J connectivity index is 2.52. The Morgan fingerprint density at radius 3 is 2.43 bits per heavy atom. The van der Waals surface area contributed by atoms with Crippen molar-refractivity contribution in [2.24, 2.45) is 0 Å². The summed E-state index contributed by atoms with van der Waals surface area (Å²) < 4.78 is 6.06. The van der Waals surface area contributed by atoms with Crippen LogP contribution >= 0.6 is 22.6 Å². The van der Waals surface area contributed by atoms with Crippen LogP contribution in [0, 0.1) is 3.57 Å². The fourth-order valence-electron chi connectivity index (χ4n) is 0.895. The minimum Gasteiger partial charge on any atom is -0.447 e. The van der Waals surface area contributed by atoms with Crippen molar-refractivity contribution in [3.05, 3.63) is 27.8 Å². The number of carbonyl (C=O) groups is 1. The van der Waals surface area contributed by atoms with Crippen LogP contribution in [-0.4, -0.2) is 12.2 Å². The van der Waals surface area contributed by atoms with Crippen molar-refractivity contribution in [2.75, 3.05) is 5.32 Å². The number of carbonyl (C=O) groups excluding carboxylic acids is 1. The third-order valence-corrected chi connectivity index (χ3v) is 2.15. The van der Waals surface area contributed by atoms with Gasteiger partial charge in [0.1, 0.15) is 0 Å². The van der Waals surface area contributed by atoms with Gasteiger partial charge in [-0.25, -0.2) is 4.79 Å². The van der Waals surface area contributed by atoms with Gasteiger partial charge in [0.2, 0.25) is 0 Å². The lowest BCUT2D eigenvalue weighted by Gasteiger charge is -2.09. The Bertz CT molecular complexity index is 308. The number of nitrogens with one attached hydrogen (secondary N) is 1. The molecule has 1 aromatic rings. The first-order valence-corrected chi connectivity index (χ1v) is 5.39. The first-order chi connectivity index (χ1) is 6.58. The van der Waals surface area contributed by atoms with Crippen LogP contribution in [-0.2, 0) is 4.74 Å². The lowest BCUT2D eigenvalue weighted by atomic mass is 10.3. The topological polar surface area (TPSA) is 38.3 Å². The largest absolute Gasteiger partial charge is 0.447 e. The Kier molecular flexibility index (Phi) is 4.19. The third kappa shape index (κ3) is 3.95. The summed E-state index contributed by atoms with van der Waals surface area (Å²) in [4.78, 5) is 11.2. The number of halogens is 1. The van der Waals surface area contributed by atoms with Gasteiger partial charge in [-0.2, -0.15) is 0 Å². The van der Waals surface area contributed by atoms with Gasteiger partial charge >= 0.3 is 6.09 Å². The highest BCUT2D eigenvalue weighted by Gasteiger charge is 2.04. The molecule has 4 heteroatoms. The van der Waals surface area contributed by atoms with Gasteiger partial charge in [-0.05, 0) is 60.7 Å². The van der Waals surface area contributed by atoms with E-state index in [1.54, 1.807) is 0 Å². The first kappa shape index (κ1) is 11.3. The summed E-state index contributed by atoms with van der Waals surface area (Å²) in [6.45, 7) is 3.63. The zero-order valence-corrected chi connectivity index (χ0v) is 10.2. The molecular weight excluding hydrogens is 293 g/mol. The van der Waals surface area contributed by atoms with Crippen molar-refractivity contribution in [3.8, 4) is 0 Å². The van der Waals surface area contributed by atoms with Gasteiger partial charge in [-0.1, -0.05) is 0 Å². The molecular formula is C10H12INO2. The van der Waals surface area contributed by atoms with E-state index in [1.165, 1.54) is 0 Å². The second-order valence-electron chi connectivity index (χ2n) is 3.09. The fourth-order valence-corrected chi connectivity index (χ4v) is 1.25. The summed E-state index contributed by atoms with van der Waals surface area (Å²) in [7, 11) is 0. The standard InChI is InChI=1S/C10H12INO2/c1-7(2)14-10(13)12-9-5-3-8(11)4-6-9/h3-7H,1-2H3,(H,12,13). The number of hydrogen-bond acceptors (Lipinski definition) is 2.